The van der Waals surface area contributed by atoms with E-state index in [0.29, 0.717) is 0 Å². The highest BCUT2D eigenvalue weighted by atomic mass is 32.2. The number of thioether (sulfide) groups is 1. The van der Waals surface area contributed by atoms with E-state index >= 15 is 0 Å². The van der Waals surface area contributed by atoms with Gasteiger partial charge in [0.1, 0.15) is 0 Å². The van der Waals surface area contributed by atoms with Crippen molar-refractivity contribution in [3.63, 3.8) is 0 Å². The van der Waals surface area contributed by atoms with Crippen molar-refractivity contribution >= 4 is 22.9 Å². The van der Waals surface area contributed by atoms with Crippen molar-refractivity contribution in [3.05, 3.63) is 30.3 Å². The molecule has 0 saturated carbocycles. The number of nitrogens with zero attached hydrogens (tertiary/aromatic N) is 3. The van der Waals surface area contributed by atoms with E-state index in [0.717, 1.165) is 37.3 Å². The Bertz CT molecular complexity index is 455. The summed E-state index contributed by atoms with van der Waals surface area (Å²) in [5.74, 6) is 0.977. The highest BCUT2D eigenvalue weighted by molar-refractivity contribution is 8.13. The predicted molar refractivity (Wildman–Crippen MR) is 71.6 cm³/mol. The van der Waals surface area contributed by atoms with E-state index in [4.69, 9.17) is 0 Å². The van der Waals surface area contributed by atoms with Crippen molar-refractivity contribution in [2.75, 3.05) is 26.2 Å². The van der Waals surface area contributed by atoms with Gasteiger partial charge in [-0.3, -0.25) is 14.9 Å². The van der Waals surface area contributed by atoms with Gasteiger partial charge in [-0.05, 0) is 12.1 Å². The Balaban J connectivity index is 1.74. The Morgan fingerprint density at radius 3 is 2.76 bits per heavy atom. The van der Waals surface area contributed by atoms with E-state index in [1.165, 1.54) is 4.90 Å². The lowest BCUT2D eigenvalue weighted by Crippen LogP contribution is -2.39. The maximum atomic E-state index is 4.54. The van der Waals surface area contributed by atoms with Crippen molar-refractivity contribution in [2.45, 2.75) is 4.90 Å². The molecule has 0 bridgehead atoms. The molecule has 17 heavy (non-hydrogen) atoms. The first kappa shape index (κ1) is 10.7. The lowest BCUT2D eigenvalue weighted by Gasteiger charge is -2.19. The summed E-state index contributed by atoms with van der Waals surface area (Å²) in [7, 11) is 0. The minimum Gasteiger partial charge on any atom is -0.354 e. The molecule has 0 unspecified atom stereocenters. The standard InChI is InChI=1S/C12H14N4S/c1-2-4-10(5-3-1)17-12-15-8-9-16(12)11-13-6-7-14-11/h1-5H,6-9H2,(H,13,14). The first-order chi connectivity index (χ1) is 8.43. The van der Waals surface area contributed by atoms with Crippen molar-refractivity contribution in [2.24, 2.45) is 9.98 Å². The molecule has 0 aromatic heterocycles. The Kier molecular flexibility index (Phi) is 3.00. The second-order valence-electron chi connectivity index (χ2n) is 3.86. The molecule has 4 nitrogen and oxygen atoms in total. The average Bonchev–Trinajstić information content (AvgIpc) is 3.00. The summed E-state index contributed by atoms with van der Waals surface area (Å²) in [5, 5.41) is 4.34. The SMILES string of the molecule is c1ccc(SC2=NCCN2C2=NCCN2)cc1. The number of nitrogens with one attached hydrogen (secondary N) is 1. The first-order valence-electron chi connectivity index (χ1n) is 5.77. The fourth-order valence-electron chi connectivity index (χ4n) is 1.87. The van der Waals surface area contributed by atoms with Crippen molar-refractivity contribution in [3.8, 4) is 0 Å². The molecule has 2 aliphatic heterocycles. The Labute approximate surface area is 105 Å². The molecule has 0 spiro atoms. The number of hydrogen-bond acceptors (Lipinski definition) is 5. The summed E-state index contributed by atoms with van der Waals surface area (Å²) in [6.45, 7) is 3.60. The van der Waals surface area contributed by atoms with Crippen LogP contribution in [-0.4, -0.2) is 42.2 Å². The molecule has 1 aromatic rings. The maximum Gasteiger partial charge on any atom is 0.200 e. The van der Waals surface area contributed by atoms with Gasteiger partial charge in [0.05, 0.1) is 13.1 Å². The number of rotatable bonds is 1. The topological polar surface area (TPSA) is 40.0 Å². The normalized spacial score (nSPS) is 18.9. The predicted octanol–water partition coefficient (Wildman–Crippen LogP) is 1.41. The third-order valence-corrected chi connectivity index (χ3v) is 3.71. The van der Waals surface area contributed by atoms with Crippen LogP contribution in [0.3, 0.4) is 0 Å². The molecule has 2 heterocycles. The fraction of sp³-hybridized carbons (Fsp3) is 0.333. The molecule has 5 heteroatoms. The Hall–Kier alpha value is -1.49. The lowest BCUT2D eigenvalue weighted by atomic mass is 10.4. The number of guanidine groups is 1. The molecule has 2 aliphatic rings. The van der Waals surface area contributed by atoms with Crippen LogP contribution in [0, 0.1) is 0 Å². The van der Waals surface area contributed by atoms with E-state index in [1.807, 2.05) is 18.2 Å². The van der Waals surface area contributed by atoms with Crippen LogP contribution in [0.15, 0.2) is 45.2 Å². The van der Waals surface area contributed by atoms with Gasteiger partial charge in [-0.15, -0.1) is 0 Å². The Morgan fingerprint density at radius 2 is 2.00 bits per heavy atom. The van der Waals surface area contributed by atoms with Gasteiger partial charge in [-0.1, -0.05) is 30.0 Å². The second-order valence-corrected chi connectivity index (χ2v) is 4.90. The van der Waals surface area contributed by atoms with Crippen molar-refractivity contribution < 1.29 is 0 Å². The van der Waals surface area contributed by atoms with Gasteiger partial charge in [0.15, 0.2) is 11.1 Å². The van der Waals surface area contributed by atoms with E-state index in [2.05, 4.69) is 32.3 Å². The summed E-state index contributed by atoms with van der Waals surface area (Å²) >= 11 is 1.70. The second kappa shape index (κ2) is 4.79. The summed E-state index contributed by atoms with van der Waals surface area (Å²) in [6.07, 6.45) is 0. The number of hydrogen-bond donors (Lipinski definition) is 1. The molecule has 0 radical (unpaired) electrons. The monoisotopic (exact) mass is 246 g/mol. The van der Waals surface area contributed by atoms with Crippen LogP contribution in [0.4, 0.5) is 0 Å². The van der Waals surface area contributed by atoms with Crippen LogP contribution in [0.5, 0.6) is 0 Å². The third kappa shape index (κ3) is 2.29. The van der Waals surface area contributed by atoms with Gasteiger partial charge >= 0.3 is 0 Å². The minimum absolute atomic E-state index is 0.857. The molecular weight excluding hydrogens is 232 g/mol. The largest absolute Gasteiger partial charge is 0.354 e. The van der Waals surface area contributed by atoms with Crippen LogP contribution in [0.1, 0.15) is 0 Å². The van der Waals surface area contributed by atoms with Gasteiger partial charge in [-0.25, -0.2) is 0 Å². The lowest BCUT2D eigenvalue weighted by molar-refractivity contribution is 0.651. The average molecular weight is 246 g/mol. The van der Waals surface area contributed by atoms with Gasteiger partial charge in [0, 0.05) is 18.0 Å². The fourth-order valence-corrected chi connectivity index (χ4v) is 2.82. The third-order valence-electron chi connectivity index (χ3n) is 2.67. The maximum absolute atomic E-state index is 4.54. The van der Waals surface area contributed by atoms with Gasteiger partial charge < -0.3 is 5.32 Å². The molecular formula is C12H14N4S. The van der Waals surface area contributed by atoms with Crippen LogP contribution >= 0.6 is 11.8 Å². The Morgan fingerprint density at radius 1 is 1.12 bits per heavy atom. The number of aliphatic imine (C=N–C) groups is 2. The quantitative estimate of drug-likeness (QED) is 0.814. The minimum atomic E-state index is 0.857. The highest BCUT2D eigenvalue weighted by Gasteiger charge is 2.24. The van der Waals surface area contributed by atoms with Crippen LogP contribution < -0.4 is 5.32 Å². The molecule has 0 atom stereocenters. The zero-order valence-corrected chi connectivity index (χ0v) is 10.3. The zero-order chi connectivity index (χ0) is 11.5. The van der Waals surface area contributed by atoms with Crippen molar-refractivity contribution in [1.82, 2.24) is 10.2 Å². The molecule has 1 N–H and O–H groups in total. The molecule has 0 aliphatic carbocycles. The van der Waals surface area contributed by atoms with Crippen LogP contribution in [0.25, 0.3) is 0 Å². The van der Waals surface area contributed by atoms with Gasteiger partial charge in [0.25, 0.3) is 0 Å². The molecule has 3 rings (SSSR count). The summed E-state index contributed by atoms with van der Waals surface area (Å²) in [4.78, 5) is 12.4. The van der Waals surface area contributed by atoms with Gasteiger partial charge in [-0.2, -0.15) is 0 Å². The summed E-state index contributed by atoms with van der Waals surface area (Å²) < 4.78 is 0. The van der Waals surface area contributed by atoms with Gasteiger partial charge in [0.2, 0.25) is 0 Å². The van der Waals surface area contributed by atoms with E-state index < -0.39 is 0 Å². The smallest absolute Gasteiger partial charge is 0.200 e. The molecule has 0 saturated heterocycles. The van der Waals surface area contributed by atoms with E-state index in [1.54, 1.807) is 11.8 Å². The van der Waals surface area contributed by atoms with Crippen LogP contribution in [-0.2, 0) is 0 Å². The number of benzene rings is 1. The highest BCUT2D eigenvalue weighted by Crippen LogP contribution is 2.23. The van der Waals surface area contributed by atoms with Crippen molar-refractivity contribution in [1.29, 1.82) is 0 Å². The van der Waals surface area contributed by atoms with Crippen LogP contribution in [0.2, 0.25) is 0 Å². The zero-order valence-electron chi connectivity index (χ0n) is 9.47. The molecule has 88 valence electrons. The molecule has 1 aromatic carbocycles. The first-order valence-corrected chi connectivity index (χ1v) is 6.58. The summed E-state index contributed by atoms with van der Waals surface area (Å²) in [6, 6.07) is 10.3. The summed E-state index contributed by atoms with van der Waals surface area (Å²) in [5.41, 5.74) is 0. The molecule has 0 fully saturated rings. The van der Waals surface area contributed by atoms with E-state index in [9.17, 15) is 0 Å². The number of amidine groups is 1. The van der Waals surface area contributed by atoms with E-state index in [-0.39, 0.29) is 0 Å². The molecule has 0 amide bonds.